The van der Waals surface area contributed by atoms with Crippen molar-refractivity contribution < 1.29 is 8.42 Å². The molecule has 4 nitrogen and oxygen atoms in total. The van der Waals surface area contributed by atoms with Gasteiger partial charge in [0.15, 0.2) is 0 Å². The second kappa shape index (κ2) is 6.31. The van der Waals surface area contributed by atoms with E-state index < -0.39 is 10.0 Å². The van der Waals surface area contributed by atoms with Crippen LogP contribution < -0.4 is 0 Å². The first-order valence-corrected chi connectivity index (χ1v) is 7.55. The Morgan fingerprint density at radius 1 is 1.17 bits per heavy atom. The summed E-state index contributed by atoms with van der Waals surface area (Å²) in [6, 6.07) is 8.55. The summed E-state index contributed by atoms with van der Waals surface area (Å²) >= 11 is 0. The molecule has 0 aliphatic rings. The van der Waals surface area contributed by atoms with Crippen molar-refractivity contribution in [1.82, 2.24) is 9.21 Å². The van der Waals surface area contributed by atoms with Gasteiger partial charge in [0, 0.05) is 19.1 Å². The van der Waals surface area contributed by atoms with Gasteiger partial charge < -0.3 is 4.90 Å². The molecule has 0 bridgehead atoms. The van der Waals surface area contributed by atoms with Crippen LogP contribution in [0.3, 0.4) is 0 Å². The fourth-order valence-corrected chi connectivity index (χ4v) is 3.72. The van der Waals surface area contributed by atoms with E-state index in [0.717, 1.165) is 0 Å². The van der Waals surface area contributed by atoms with Crippen molar-refractivity contribution in [3.63, 3.8) is 0 Å². The van der Waals surface area contributed by atoms with Crippen LogP contribution >= 0.6 is 0 Å². The van der Waals surface area contributed by atoms with Crippen molar-refractivity contribution in [2.45, 2.75) is 24.8 Å². The van der Waals surface area contributed by atoms with Crippen LogP contribution in [0.4, 0.5) is 0 Å². The maximum absolute atomic E-state index is 12.5. The van der Waals surface area contributed by atoms with Crippen molar-refractivity contribution in [2.75, 3.05) is 27.2 Å². The summed E-state index contributed by atoms with van der Waals surface area (Å²) in [7, 11) is 0.499. The van der Waals surface area contributed by atoms with E-state index in [4.69, 9.17) is 0 Å². The van der Waals surface area contributed by atoms with Crippen LogP contribution in [-0.2, 0) is 10.0 Å². The topological polar surface area (TPSA) is 40.6 Å². The molecular formula is C13H22N2O2S. The summed E-state index contributed by atoms with van der Waals surface area (Å²) < 4.78 is 26.5. The molecule has 0 aliphatic carbocycles. The number of rotatable bonds is 6. The van der Waals surface area contributed by atoms with Gasteiger partial charge in [0.1, 0.15) is 0 Å². The minimum atomic E-state index is -3.39. The average Bonchev–Trinajstić information content (AvgIpc) is 2.29. The number of benzene rings is 1. The van der Waals surface area contributed by atoms with Crippen molar-refractivity contribution in [1.29, 1.82) is 0 Å². The molecule has 18 heavy (non-hydrogen) atoms. The summed E-state index contributed by atoms with van der Waals surface area (Å²) in [5.41, 5.74) is 0. The summed E-state index contributed by atoms with van der Waals surface area (Å²) in [6.07, 6.45) is 0. The van der Waals surface area contributed by atoms with Crippen LogP contribution in [0, 0.1) is 0 Å². The molecule has 0 aromatic heterocycles. The lowest BCUT2D eigenvalue weighted by molar-refractivity contribution is 0.271. The monoisotopic (exact) mass is 270 g/mol. The minimum Gasteiger partial charge on any atom is -0.308 e. The molecule has 1 atom stereocenters. The molecule has 0 saturated carbocycles. The van der Waals surface area contributed by atoms with E-state index in [1.54, 1.807) is 28.6 Å². The Morgan fingerprint density at radius 2 is 1.72 bits per heavy atom. The Balaban J connectivity index is 3.01. The highest BCUT2D eigenvalue weighted by molar-refractivity contribution is 7.89. The molecular weight excluding hydrogens is 248 g/mol. The van der Waals surface area contributed by atoms with Gasteiger partial charge in [-0.1, -0.05) is 25.1 Å². The van der Waals surface area contributed by atoms with Crippen LogP contribution in [0.2, 0.25) is 0 Å². The van der Waals surface area contributed by atoms with Gasteiger partial charge in [-0.15, -0.1) is 0 Å². The summed E-state index contributed by atoms with van der Waals surface area (Å²) in [5.74, 6) is 0. The number of hydrogen-bond acceptors (Lipinski definition) is 3. The van der Waals surface area contributed by atoms with Gasteiger partial charge in [-0.2, -0.15) is 4.31 Å². The first-order chi connectivity index (χ1) is 8.39. The van der Waals surface area contributed by atoms with Crippen LogP contribution in [0.5, 0.6) is 0 Å². The van der Waals surface area contributed by atoms with E-state index in [0.29, 0.717) is 18.0 Å². The van der Waals surface area contributed by atoms with Gasteiger partial charge in [0.25, 0.3) is 0 Å². The molecule has 102 valence electrons. The third kappa shape index (κ3) is 3.54. The second-order valence-electron chi connectivity index (χ2n) is 4.63. The fraction of sp³-hybridized carbons (Fsp3) is 0.538. The molecule has 1 aromatic rings. The van der Waals surface area contributed by atoms with Crippen molar-refractivity contribution >= 4 is 10.0 Å². The van der Waals surface area contributed by atoms with E-state index in [1.165, 1.54) is 0 Å². The van der Waals surface area contributed by atoms with E-state index in [2.05, 4.69) is 0 Å². The number of sulfonamides is 1. The van der Waals surface area contributed by atoms with Gasteiger partial charge in [0.2, 0.25) is 10.0 Å². The van der Waals surface area contributed by atoms with Crippen LogP contribution in [0.15, 0.2) is 35.2 Å². The van der Waals surface area contributed by atoms with Gasteiger partial charge >= 0.3 is 0 Å². The van der Waals surface area contributed by atoms with E-state index in [-0.39, 0.29) is 6.04 Å². The van der Waals surface area contributed by atoms with Gasteiger partial charge in [-0.25, -0.2) is 8.42 Å². The summed E-state index contributed by atoms with van der Waals surface area (Å²) in [4.78, 5) is 2.35. The summed E-state index contributed by atoms with van der Waals surface area (Å²) in [5, 5.41) is 0. The predicted octanol–water partition coefficient (Wildman–Crippen LogP) is 1.65. The highest BCUT2D eigenvalue weighted by atomic mass is 32.2. The molecule has 0 spiro atoms. The molecule has 0 radical (unpaired) electrons. The molecule has 0 N–H and O–H groups in total. The minimum absolute atomic E-state index is 0.0461. The second-order valence-corrected chi connectivity index (χ2v) is 6.52. The van der Waals surface area contributed by atoms with Crippen LogP contribution in [0.1, 0.15) is 13.8 Å². The molecule has 0 aliphatic heterocycles. The molecule has 0 amide bonds. The zero-order valence-corrected chi connectivity index (χ0v) is 12.3. The fourth-order valence-electron chi connectivity index (χ4n) is 2.07. The summed E-state index contributed by atoms with van der Waals surface area (Å²) in [6.45, 7) is 4.99. The normalized spacial score (nSPS) is 14.1. The van der Waals surface area contributed by atoms with Crippen LogP contribution in [0.25, 0.3) is 0 Å². The van der Waals surface area contributed by atoms with E-state index >= 15 is 0 Å². The quantitative estimate of drug-likeness (QED) is 0.789. The largest absolute Gasteiger partial charge is 0.308 e. The van der Waals surface area contributed by atoms with Crippen molar-refractivity contribution in [3.05, 3.63) is 30.3 Å². The van der Waals surface area contributed by atoms with Crippen molar-refractivity contribution in [2.24, 2.45) is 0 Å². The van der Waals surface area contributed by atoms with E-state index in [9.17, 15) is 8.42 Å². The number of likely N-dealkylation sites (N-methyl/N-ethyl adjacent to an activating group) is 2. The molecule has 1 rings (SSSR count). The Morgan fingerprint density at radius 3 is 2.17 bits per heavy atom. The molecule has 0 saturated heterocycles. The van der Waals surface area contributed by atoms with Crippen molar-refractivity contribution in [3.8, 4) is 0 Å². The maximum atomic E-state index is 12.5. The standard InChI is InChI=1S/C13H22N2O2S/c1-5-15(12(2)11-14(3)4)18(16,17)13-9-7-6-8-10-13/h6-10,12H,5,11H2,1-4H3. The van der Waals surface area contributed by atoms with Gasteiger partial charge in [-0.3, -0.25) is 0 Å². The Labute approximate surface area is 110 Å². The zero-order chi connectivity index (χ0) is 13.8. The zero-order valence-electron chi connectivity index (χ0n) is 11.5. The molecule has 1 aromatic carbocycles. The van der Waals surface area contributed by atoms with Gasteiger partial charge in [-0.05, 0) is 33.2 Å². The smallest absolute Gasteiger partial charge is 0.243 e. The Kier molecular flexibility index (Phi) is 5.31. The lowest BCUT2D eigenvalue weighted by Gasteiger charge is -2.29. The third-order valence-electron chi connectivity index (χ3n) is 2.78. The average molecular weight is 270 g/mol. The molecule has 0 fully saturated rings. The number of hydrogen-bond donors (Lipinski definition) is 0. The highest BCUT2D eigenvalue weighted by Crippen LogP contribution is 2.17. The van der Waals surface area contributed by atoms with Gasteiger partial charge in [0.05, 0.1) is 4.90 Å². The molecule has 5 heteroatoms. The Hall–Kier alpha value is -0.910. The first-order valence-electron chi connectivity index (χ1n) is 6.11. The Bertz CT molecular complexity index is 457. The molecule has 1 unspecified atom stereocenters. The van der Waals surface area contributed by atoms with Crippen LogP contribution in [-0.4, -0.2) is 50.8 Å². The lowest BCUT2D eigenvalue weighted by atomic mass is 10.3. The predicted molar refractivity (Wildman–Crippen MR) is 74.0 cm³/mol. The highest BCUT2D eigenvalue weighted by Gasteiger charge is 2.27. The lowest BCUT2D eigenvalue weighted by Crippen LogP contribution is -2.43. The number of nitrogens with zero attached hydrogens (tertiary/aromatic N) is 2. The SMILES string of the molecule is CCN(C(C)CN(C)C)S(=O)(=O)c1ccccc1. The van der Waals surface area contributed by atoms with E-state index in [1.807, 2.05) is 38.9 Å². The first kappa shape index (κ1) is 15.1. The molecule has 0 heterocycles. The third-order valence-corrected chi connectivity index (χ3v) is 4.89. The maximum Gasteiger partial charge on any atom is 0.243 e.